The molecule has 0 aromatic heterocycles. The quantitative estimate of drug-likeness (QED) is 0.144. The van der Waals surface area contributed by atoms with Crippen LogP contribution in [0.15, 0.2) is 29.2 Å². The van der Waals surface area contributed by atoms with Crippen molar-refractivity contribution in [3.8, 4) is 0 Å². The van der Waals surface area contributed by atoms with E-state index < -0.39 is 10.1 Å². The number of benzene rings is 1. The van der Waals surface area contributed by atoms with Gasteiger partial charge in [-0.3, -0.25) is 4.55 Å². The molecule has 0 amide bonds. The molecule has 0 unspecified atom stereocenters. The van der Waals surface area contributed by atoms with Gasteiger partial charge in [0.15, 0.2) is 0 Å². The van der Waals surface area contributed by atoms with Crippen molar-refractivity contribution >= 4 is 47.9 Å². The third-order valence-electron chi connectivity index (χ3n) is 5.55. The van der Waals surface area contributed by atoms with Crippen molar-refractivity contribution in [3.63, 3.8) is 0 Å². The van der Waals surface area contributed by atoms with Crippen LogP contribution in [0.3, 0.4) is 0 Å². The van der Waals surface area contributed by atoms with Gasteiger partial charge in [0.2, 0.25) is 0 Å². The first-order valence-electron chi connectivity index (χ1n) is 11.6. The fourth-order valence-electron chi connectivity index (χ4n) is 3.83. The molecular weight excluding hydrogens is 408 g/mol. The monoisotopic (exact) mass is 450 g/mol. The van der Waals surface area contributed by atoms with E-state index in [-0.39, 0.29) is 42.6 Å². The maximum Gasteiger partial charge on any atom is 0.294 e. The van der Waals surface area contributed by atoms with Crippen molar-refractivity contribution in [1.29, 1.82) is 0 Å². The van der Waals surface area contributed by atoms with Gasteiger partial charge < -0.3 is 0 Å². The van der Waals surface area contributed by atoms with E-state index in [1.165, 1.54) is 96.0 Å². The summed E-state index contributed by atoms with van der Waals surface area (Å²) < 4.78 is 32.0. The van der Waals surface area contributed by atoms with Gasteiger partial charge >= 0.3 is 0 Å². The predicted octanol–water partition coefficient (Wildman–Crippen LogP) is 7.36. The molecule has 0 saturated heterocycles. The molecule has 1 aromatic rings. The molecule has 0 spiro atoms. The minimum atomic E-state index is -4.11. The zero-order valence-corrected chi connectivity index (χ0v) is 21.7. The molecular formula is C24H42CaO3S. The summed E-state index contributed by atoms with van der Waals surface area (Å²) in [5, 5.41) is 0. The molecule has 5 heteroatoms. The molecule has 0 fully saturated rings. The fourth-order valence-corrected chi connectivity index (χ4v) is 4.58. The van der Waals surface area contributed by atoms with Crippen LogP contribution in [0.2, 0.25) is 0 Å². The van der Waals surface area contributed by atoms with E-state index in [9.17, 15) is 13.0 Å². The number of hydrogen-bond donors (Lipinski definition) is 1. The van der Waals surface area contributed by atoms with Crippen molar-refractivity contribution in [2.24, 2.45) is 0 Å². The molecule has 164 valence electrons. The molecule has 1 rings (SSSR count). The Labute approximate surface area is 210 Å². The van der Waals surface area contributed by atoms with Crippen LogP contribution in [0.1, 0.15) is 115 Å². The van der Waals surface area contributed by atoms with Crippen molar-refractivity contribution in [2.45, 2.75) is 121 Å². The molecule has 29 heavy (non-hydrogen) atoms. The van der Waals surface area contributed by atoms with Gasteiger partial charge in [0, 0.05) is 37.7 Å². The van der Waals surface area contributed by atoms with E-state index in [0.717, 1.165) is 18.4 Å². The molecule has 0 bridgehead atoms. The van der Waals surface area contributed by atoms with Crippen LogP contribution in [-0.4, -0.2) is 50.7 Å². The molecule has 0 heterocycles. The minimum Gasteiger partial charge on any atom is -0.282 e. The van der Waals surface area contributed by atoms with Crippen LogP contribution in [-0.2, 0) is 16.5 Å². The summed E-state index contributed by atoms with van der Waals surface area (Å²) in [6, 6.07) is 6.77. The summed E-state index contributed by atoms with van der Waals surface area (Å²) in [6.07, 6.45) is 22.0. The Bertz CT molecular complexity index is 602. The SMILES string of the molecule is CCCCCCCCCCCCCCCCCCc1ccccc1S(=O)(=O)O.[Ca]. The van der Waals surface area contributed by atoms with Crippen molar-refractivity contribution in [3.05, 3.63) is 29.8 Å². The average Bonchev–Trinajstić information content (AvgIpc) is 2.67. The molecule has 0 aliphatic rings. The van der Waals surface area contributed by atoms with E-state index in [4.69, 9.17) is 0 Å². The summed E-state index contributed by atoms with van der Waals surface area (Å²) in [5.74, 6) is 0. The summed E-state index contributed by atoms with van der Waals surface area (Å²) in [5.41, 5.74) is 0.732. The van der Waals surface area contributed by atoms with Crippen molar-refractivity contribution < 1.29 is 13.0 Å². The Morgan fingerprint density at radius 3 is 1.45 bits per heavy atom. The van der Waals surface area contributed by atoms with Gasteiger partial charge in [0.05, 0.1) is 4.90 Å². The van der Waals surface area contributed by atoms with Gasteiger partial charge in [-0.25, -0.2) is 0 Å². The first kappa shape index (κ1) is 29.4. The van der Waals surface area contributed by atoms with Gasteiger partial charge in [-0.15, -0.1) is 0 Å². The van der Waals surface area contributed by atoms with E-state index in [1.807, 2.05) is 6.07 Å². The minimum absolute atomic E-state index is 0. The molecule has 1 aromatic carbocycles. The third kappa shape index (κ3) is 15.8. The van der Waals surface area contributed by atoms with Crippen LogP contribution in [0.4, 0.5) is 0 Å². The third-order valence-corrected chi connectivity index (χ3v) is 6.50. The van der Waals surface area contributed by atoms with Gasteiger partial charge in [-0.2, -0.15) is 8.42 Å². The Morgan fingerprint density at radius 2 is 1.03 bits per heavy atom. The topological polar surface area (TPSA) is 54.4 Å². The summed E-state index contributed by atoms with van der Waals surface area (Å²) in [6.45, 7) is 2.27. The number of rotatable bonds is 18. The molecule has 2 radical (unpaired) electrons. The molecule has 0 aliphatic heterocycles. The average molecular weight is 451 g/mol. The second-order valence-corrected chi connectivity index (χ2v) is 9.53. The summed E-state index contributed by atoms with van der Waals surface area (Å²) in [4.78, 5) is 0.0657. The smallest absolute Gasteiger partial charge is 0.282 e. The van der Waals surface area contributed by atoms with E-state index >= 15 is 0 Å². The molecule has 3 nitrogen and oxygen atoms in total. The normalized spacial score (nSPS) is 11.4. The van der Waals surface area contributed by atoms with Crippen LogP contribution in [0.25, 0.3) is 0 Å². The van der Waals surface area contributed by atoms with E-state index in [2.05, 4.69) is 6.92 Å². The predicted molar refractivity (Wildman–Crippen MR) is 125 cm³/mol. The Kier molecular flexibility index (Phi) is 19.4. The summed E-state index contributed by atoms with van der Waals surface area (Å²) in [7, 11) is -4.11. The van der Waals surface area contributed by atoms with E-state index in [1.54, 1.807) is 12.1 Å². The Balaban J connectivity index is 0.00000784. The fraction of sp³-hybridized carbons (Fsp3) is 0.750. The Hall–Kier alpha value is 0.390. The standard InChI is InChI=1S/C24H42O3S.Ca/c1-2-3-4-5-6-7-8-9-10-11-12-13-14-15-16-17-20-23-21-18-19-22-24(23)28(25,26)27;/h18-19,21-22H,2-17,20H2,1H3,(H,25,26,27);. The van der Waals surface area contributed by atoms with Crippen LogP contribution >= 0.6 is 0 Å². The van der Waals surface area contributed by atoms with Gasteiger partial charge in [0.25, 0.3) is 10.1 Å². The molecule has 1 N–H and O–H groups in total. The second kappa shape index (κ2) is 19.1. The number of aryl methyl sites for hydroxylation is 1. The largest absolute Gasteiger partial charge is 0.294 e. The van der Waals surface area contributed by atoms with Gasteiger partial charge in [-0.1, -0.05) is 121 Å². The van der Waals surface area contributed by atoms with Crippen molar-refractivity contribution in [2.75, 3.05) is 0 Å². The second-order valence-electron chi connectivity index (χ2n) is 8.14. The summed E-state index contributed by atoms with van der Waals surface area (Å²) >= 11 is 0. The zero-order chi connectivity index (χ0) is 20.5. The first-order chi connectivity index (χ1) is 13.6. The van der Waals surface area contributed by atoms with Gasteiger partial charge in [0.1, 0.15) is 0 Å². The number of hydrogen-bond acceptors (Lipinski definition) is 2. The number of unbranched alkanes of at least 4 members (excludes halogenated alkanes) is 15. The Morgan fingerprint density at radius 1 is 0.655 bits per heavy atom. The van der Waals surface area contributed by atoms with E-state index in [0.29, 0.717) is 6.42 Å². The zero-order valence-electron chi connectivity index (χ0n) is 18.7. The van der Waals surface area contributed by atoms with Gasteiger partial charge in [-0.05, 0) is 24.5 Å². The van der Waals surface area contributed by atoms with Crippen LogP contribution in [0.5, 0.6) is 0 Å². The maximum atomic E-state index is 11.4. The first-order valence-corrected chi connectivity index (χ1v) is 13.0. The molecule has 0 atom stereocenters. The van der Waals surface area contributed by atoms with Crippen LogP contribution in [0, 0.1) is 0 Å². The maximum absolute atomic E-state index is 11.4. The molecule has 0 saturated carbocycles. The molecule has 0 aliphatic carbocycles. The van der Waals surface area contributed by atoms with Crippen molar-refractivity contribution in [1.82, 2.24) is 0 Å². The van der Waals surface area contributed by atoms with Crippen LogP contribution < -0.4 is 0 Å².